The molecule has 2 aromatic rings. The fourth-order valence-electron chi connectivity index (χ4n) is 3.24. The number of aryl methyl sites for hydroxylation is 1. The normalized spacial score (nSPS) is 16.9. The molecule has 2 heterocycles. The second-order valence-corrected chi connectivity index (χ2v) is 6.48. The van der Waals surface area contributed by atoms with E-state index in [1.54, 1.807) is 12.1 Å². The van der Waals surface area contributed by atoms with E-state index in [2.05, 4.69) is 26.5 Å². The molecular formula is C18H25IN6O2. The van der Waals surface area contributed by atoms with E-state index in [9.17, 15) is 10.1 Å². The van der Waals surface area contributed by atoms with Crippen molar-refractivity contribution < 1.29 is 4.92 Å². The molecular weight excluding hydrogens is 459 g/mol. The maximum absolute atomic E-state index is 10.9. The molecule has 0 spiro atoms. The first-order valence-electron chi connectivity index (χ1n) is 8.82. The highest BCUT2D eigenvalue weighted by Gasteiger charge is 2.26. The molecule has 1 unspecified atom stereocenters. The second kappa shape index (κ2) is 9.67. The maximum atomic E-state index is 10.9. The molecule has 1 aliphatic rings. The van der Waals surface area contributed by atoms with Crippen LogP contribution < -0.4 is 5.32 Å². The third-order valence-electron chi connectivity index (χ3n) is 4.55. The molecule has 1 aromatic carbocycles. The minimum atomic E-state index is -0.378. The molecule has 0 amide bonds. The van der Waals surface area contributed by atoms with Gasteiger partial charge in [0.15, 0.2) is 5.96 Å². The monoisotopic (exact) mass is 484 g/mol. The lowest BCUT2D eigenvalue weighted by atomic mass is 10.0. The molecule has 1 fully saturated rings. The number of nitrogens with zero attached hydrogens (tertiary/aromatic N) is 5. The molecule has 9 heteroatoms. The molecule has 146 valence electrons. The molecule has 1 aromatic heterocycles. The van der Waals surface area contributed by atoms with Crippen LogP contribution in [0.15, 0.2) is 41.7 Å². The maximum Gasteiger partial charge on any atom is 0.269 e. The van der Waals surface area contributed by atoms with Crippen LogP contribution in [-0.2, 0) is 13.6 Å². The number of hydrogen-bond donors (Lipinski definition) is 1. The van der Waals surface area contributed by atoms with Crippen LogP contribution in [0.25, 0.3) is 0 Å². The van der Waals surface area contributed by atoms with Gasteiger partial charge in [-0.1, -0.05) is 12.1 Å². The van der Waals surface area contributed by atoms with Gasteiger partial charge in [-0.2, -0.15) is 5.10 Å². The summed E-state index contributed by atoms with van der Waals surface area (Å²) in [6.07, 6.45) is 5.07. The van der Waals surface area contributed by atoms with E-state index in [-0.39, 0.29) is 34.6 Å². The third-order valence-corrected chi connectivity index (χ3v) is 4.55. The highest BCUT2D eigenvalue weighted by molar-refractivity contribution is 14.0. The topological polar surface area (TPSA) is 88.6 Å². The Hall–Kier alpha value is -2.17. The Kier molecular flexibility index (Phi) is 7.57. The minimum absolute atomic E-state index is 0. The van der Waals surface area contributed by atoms with E-state index in [0.29, 0.717) is 12.5 Å². The Morgan fingerprint density at radius 2 is 2.30 bits per heavy atom. The van der Waals surface area contributed by atoms with Gasteiger partial charge < -0.3 is 10.2 Å². The summed E-state index contributed by atoms with van der Waals surface area (Å²) in [5.41, 5.74) is 2.18. The van der Waals surface area contributed by atoms with Crippen molar-refractivity contribution in [3.05, 3.63) is 57.9 Å². The molecule has 1 aliphatic heterocycles. The highest BCUT2D eigenvalue weighted by Crippen LogP contribution is 2.26. The number of nitro benzene ring substituents is 1. The van der Waals surface area contributed by atoms with Crippen LogP contribution in [0.2, 0.25) is 0 Å². The number of halogens is 1. The number of non-ortho nitro benzene ring substituents is 1. The van der Waals surface area contributed by atoms with Crippen molar-refractivity contribution >= 4 is 35.6 Å². The Morgan fingerprint density at radius 1 is 1.48 bits per heavy atom. The van der Waals surface area contributed by atoms with Crippen molar-refractivity contribution in [1.82, 2.24) is 20.0 Å². The van der Waals surface area contributed by atoms with Crippen molar-refractivity contribution in [3.8, 4) is 0 Å². The van der Waals surface area contributed by atoms with Crippen molar-refractivity contribution in [2.45, 2.75) is 25.8 Å². The predicted molar refractivity (Wildman–Crippen MR) is 115 cm³/mol. The van der Waals surface area contributed by atoms with E-state index in [1.807, 2.05) is 30.9 Å². The molecule has 27 heavy (non-hydrogen) atoms. The van der Waals surface area contributed by atoms with Crippen LogP contribution in [0.4, 0.5) is 5.69 Å². The number of guanidine groups is 1. The van der Waals surface area contributed by atoms with Crippen LogP contribution in [0.1, 0.15) is 30.4 Å². The predicted octanol–water partition coefficient (Wildman–Crippen LogP) is 2.90. The van der Waals surface area contributed by atoms with Crippen LogP contribution in [0, 0.1) is 10.1 Å². The Labute approximate surface area is 175 Å². The summed E-state index contributed by atoms with van der Waals surface area (Å²) in [5.74, 6) is 1.30. The first-order chi connectivity index (χ1) is 12.6. The zero-order valence-electron chi connectivity index (χ0n) is 15.5. The second-order valence-electron chi connectivity index (χ2n) is 6.48. The van der Waals surface area contributed by atoms with E-state index in [1.165, 1.54) is 11.6 Å². The number of likely N-dealkylation sites (tertiary alicyclic amines) is 1. The minimum Gasteiger partial charge on any atom is -0.357 e. The van der Waals surface area contributed by atoms with Gasteiger partial charge in [0.2, 0.25) is 0 Å². The molecule has 8 nitrogen and oxygen atoms in total. The quantitative estimate of drug-likeness (QED) is 0.232. The lowest BCUT2D eigenvalue weighted by molar-refractivity contribution is -0.384. The summed E-state index contributed by atoms with van der Waals surface area (Å²) in [6, 6.07) is 6.64. The van der Waals surface area contributed by atoms with Gasteiger partial charge in [0.1, 0.15) is 0 Å². The third kappa shape index (κ3) is 5.41. The summed E-state index contributed by atoms with van der Waals surface area (Å²) < 4.78 is 1.83. The standard InChI is InChI=1S/C18H24N6O2.HI/c1-3-19-18(20-10-14-5-4-6-17(9-14)24(25)26)23-8-7-15(13-23)16-11-21-22(2)12-16;/h4-6,9,11-12,15H,3,7-8,10,13H2,1-2H3,(H,19,20);1H. The Morgan fingerprint density at radius 3 is 2.96 bits per heavy atom. The van der Waals surface area contributed by atoms with Gasteiger partial charge in [-0.3, -0.25) is 14.8 Å². The molecule has 1 atom stereocenters. The fourth-order valence-corrected chi connectivity index (χ4v) is 3.24. The fraction of sp³-hybridized carbons (Fsp3) is 0.444. The number of nitro groups is 1. The lowest BCUT2D eigenvalue weighted by Crippen LogP contribution is -2.40. The summed E-state index contributed by atoms with van der Waals surface area (Å²) in [6.45, 7) is 5.06. The molecule has 3 rings (SSSR count). The number of aromatic nitrogens is 2. The SMILES string of the molecule is CCNC(=NCc1cccc([N+](=O)[O-])c1)N1CCC(c2cnn(C)c2)C1.I. The average molecular weight is 484 g/mol. The largest absolute Gasteiger partial charge is 0.357 e. The first kappa shape index (κ1) is 21.1. The lowest BCUT2D eigenvalue weighted by Gasteiger charge is -2.21. The summed E-state index contributed by atoms with van der Waals surface area (Å²) in [7, 11) is 1.93. The average Bonchev–Trinajstić information content (AvgIpc) is 3.28. The van der Waals surface area contributed by atoms with Crippen LogP contribution in [0.3, 0.4) is 0 Å². The summed E-state index contributed by atoms with van der Waals surface area (Å²) >= 11 is 0. The molecule has 0 radical (unpaired) electrons. The molecule has 0 saturated carbocycles. The van der Waals surface area contributed by atoms with E-state index in [0.717, 1.165) is 37.6 Å². The van der Waals surface area contributed by atoms with Crippen LogP contribution in [-0.4, -0.2) is 45.2 Å². The van der Waals surface area contributed by atoms with Crippen molar-refractivity contribution in [2.24, 2.45) is 12.0 Å². The number of hydrogen-bond acceptors (Lipinski definition) is 4. The summed E-state index contributed by atoms with van der Waals surface area (Å²) in [4.78, 5) is 17.5. The number of aliphatic imine (C=N–C) groups is 1. The Bertz CT molecular complexity index is 807. The summed E-state index contributed by atoms with van der Waals surface area (Å²) in [5, 5.41) is 18.5. The molecule has 1 N–H and O–H groups in total. The molecule has 1 saturated heterocycles. The highest BCUT2D eigenvalue weighted by atomic mass is 127. The Balaban J connectivity index is 0.00000261. The number of rotatable bonds is 5. The number of nitrogens with one attached hydrogen (secondary N) is 1. The number of benzene rings is 1. The van der Waals surface area contributed by atoms with Crippen LogP contribution in [0.5, 0.6) is 0 Å². The smallest absolute Gasteiger partial charge is 0.269 e. The van der Waals surface area contributed by atoms with E-state index >= 15 is 0 Å². The van der Waals surface area contributed by atoms with Crippen LogP contribution >= 0.6 is 24.0 Å². The van der Waals surface area contributed by atoms with Gasteiger partial charge in [0.05, 0.1) is 17.7 Å². The van der Waals surface area contributed by atoms with E-state index in [4.69, 9.17) is 0 Å². The molecule has 0 bridgehead atoms. The van der Waals surface area contributed by atoms with Gasteiger partial charge in [0, 0.05) is 50.9 Å². The van der Waals surface area contributed by atoms with Gasteiger partial charge in [-0.15, -0.1) is 24.0 Å². The first-order valence-corrected chi connectivity index (χ1v) is 8.82. The van der Waals surface area contributed by atoms with Crippen molar-refractivity contribution in [3.63, 3.8) is 0 Å². The van der Waals surface area contributed by atoms with Gasteiger partial charge in [-0.25, -0.2) is 4.99 Å². The van der Waals surface area contributed by atoms with E-state index < -0.39 is 0 Å². The molecule has 0 aliphatic carbocycles. The van der Waals surface area contributed by atoms with Gasteiger partial charge >= 0.3 is 0 Å². The van der Waals surface area contributed by atoms with Crippen molar-refractivity contribution in [1.29, 1.82) is 0 Å². The van der Waals surface area contributed by atoms with Crippen molar-refractivity contribution in [2.75, 3.05) is 19.6 Å². The zero-order valence-corrected chi connectivity index (χ0v) is 17.9. The van der Waals surface area contributed by atoms with Gasteiger partial charge in [-0.05, 0) is 24.5 Å². The zero-order chi connectivity index (χ0) is 18.5. The van der Waals surface area contributed by atoms with Gasteiger partial charge in [0.25, 0.3) is 5.69 Å².